The van der Waals surface area contributed by atoms with Gasteiger partial charge in [0.2, 0.25) is 0 Å². The fourth-order valence-corrected chi connectivity index (χ4v) is 3.75. The fourth-order valence-electron chi connectivity index (χ4n) is 3.14. The van der Waals surface area contributed by atoms with Crippen molar-refractivity contribution in [3.05, 3.63) is 33.8 Å². The van der Waals surface area contributed by atoms with E-state index in [1.807, 2.05) is 12.1 Å². The zero-order valence-corrected chi connectivity index (χ0v) is 13.3. The number of hydrogen-bond acceptors (Lipinski definition) is 1. The first-order chi connectivity index (χ1) is 9.07. The molecule has 1 aliphatic rings. The van der Waals surface area contributed by atoms with E-state index in [0.29, 0.717) is 0 Å². The molecule has 0 unspecified atom stereocenters. The molecule has 0 aliphatic heterocycles. The summed E-state index contributed by atoms with van der Waals surface area (Å²) in [4.78, 5) is 0. The lowest BCUT2D eigenvalue weighted by Crippen LogP contribution is -2.41. The second-order valence-corrected chi connectivity index (χ2v) is 6.71. The van der Waals surface area contributed by atoms with E-state index >= 15 is 0 Å². The highest BCUT2D eigenvalue weighted by Crippen LogP contribution is 2.44. The van der Waals surface area contributed by atoms with E-state index in [4.69, 9.17) is 23.2 Å². The maximum absolute atomic E-state index is 6.46. The van der Waals surface area contributed by atoms with Gasteiger partial charge in [0.15, 0.2) is 0 Å². The third kappa shape index (κ3) is 3.45. The standard InChI is InChI=1S/C16H23Cl2N/c1-3-19-11-16(8-6-12(2)7-9-16)14-5-4-13(17)10-15(14)18/h4-5,10,12,19H,3,6-9,11H2,1-2H3. The van der Waals surface area contributed by atoms with Gasteiger partial charge in [0.05, 0.1) is 0 Å². The summed E-state index contributed by atoms with van der Waals surface area (Å²) < 4.78 is 0. The van der Waals surface area contributed by atoms with Crippen molar-refractivity contribution in [2.24, 2.45) is 5.92 Å². The van der Waals surface area contributed by atoms with Crippen molar-refractivity contribution in [2.45, 2.75) is 44.9 Å². The van der Waals surface area contributed by atoms with Crippen molar-refractivity contribution in [3.63, 3.8) is 0 Å². The predicted molar refractivity (Wildman–Crippen MR) is 84.3 cm³/mol. The van der Waals surface area contributed by atoms with Crippen LogP contribution in [0.25, 0.3) is 0 Å². The average molecular weight is 300 g/mol. The lowest BCUT2D eigenvalue weighted by Gasteiger charge is -2.41. The van der Waals surface area contributed by atoms with E-state index in [0.717, 1.165) is 29.1 Å². The summed E-state index contributed by atoms with van der Waals surface area (Å²) in [6.45, 7) is 6.52. The number of rotatable bonds is 4. The average Bonchev–Trinajstić information content (AvgIpc) is 2.39. The van der Waals surface area contributed by atoms with Crippen LogP contribution in [0.15, 0.2) is 18.2 Å². The number of hydrogen-bond donors (Lipinski definition) is 1. The van der Waals surface area contributed by atoms with E-state index in [1.54, 1.807) is 0 Å². The summed E-state index contributed by atoms with van der Waals surface area (Å²) in [5.41, 5.74) is 1.45. The molecule has 1 fully saturated rings. The number of likely N-dealkylation sites (N-methyl/N-ethyl adjacent to an activating group) is 1. The Morgan fingerprint density at radius 1 is 1.26 bits per heavy atom. The Labute approximate surface area is 126 Å². The first-order valence-corrected chi connectivity index (χ1v) is 7.99. The van der Waals surface area contributed by atoms with Gasteiger partial charge < -0.3 is 5.32 Å². The summed E-state index contributed by atoms with van der Waals surface area (Å²) in [6, 6.07) is 5.97. The summed E-state index contributed by atoms with van der Waals surface area (Å²) >= 11 is 12.5. The molecule has 3 heteroatoms. The lowest BCUT2D eigenvalue weighted by atomic mass is 9.67. The number of halogens is 2. The molecule has 0 amide bonds. The van der Waals surface area contributed by atoms with Crippen LogP contribution in [0.2, 0.25) is 10.0 Å². The molecule has 0 heterocycles. The summed E-state index contributed by atoms with van der Waals surface area (Å²) in [6.07, 6.45) is 4.99. The highest BCUT2D eigenvalue weighted by Gasteiger charge is 2.36. The molecule has 0 atom stereocenters. The van der Waals surface area contributed by atoms with Gasteiger partial charge in [-0.1, -0.05) is 43.1 Å². The van der Waals surface area contributed by atoms with Crippen molar-refractivity contribution >= 4 is 23.2 Å². The Morgan fingerprint density at radius 3 is 2.53 bits per heavy atom. The number of nitrogens with one attached hydrogen (secondary N) is 1. The normalized spacial score (nSPS) is 27.5. The van der Waals surface area contributed by atoms with Gasteiger partial charge in [-0.25, -0.2) is 0 Å². The van der Waals surface area contributed by atoms with Gasteiger partial charge in [0.1, 0.15) is 0 Å². The van der Waals surface area contributed by atoms with E-state index in [9.17, 15) is 0 Å². The van der Waals surface area contributed by atoms with Crippen molar-refractivity contribution in [1.82, 2.24) is 5.32 Å². The van der Waals surface area contributed by atoms with Crippen molar-refractivity contribution in [3.8, 4) is 0 Å². The smallest absolute Gasteiger partial charge is 0.0458 e. The van der Waals surface area contributed by atoms with Gasteiger partial charge in [-0.05, 0) is 55.8 Å². The molecule has 106 valence electrons. The largest absolute Gasteiger partial charge is 0.316 e. The molecule has 2 rings (SSSR count). The van der Waals surface area contributed by atoms with Gasteiger partial charge in [-0.3, -0.25) is 0 Å². The van der Waals surface area contributed by atoms with Crippen LogP contribution in [0.3, 0.4) is 0 Å². The highest BCUT2D eigenvalue weighted by molar-refractivity contribution is 6.35. The van der Waals surface area contributed by atoms with E-state index in [1.165, 1.54) is 31.2 Å². The Kier molecular flexibility index (Phi) is 5.16. The van der Waals surface area contributed by atoms with E-state index in [2.05, 4.69) is 25.2 Å². The maximum atomic E-state index is 6.46. The van der Waals surface area contributed by atoms with Crippen LogP contribution in [0, 0.1) is 5.92 Å². The van der Waals surface area contributed by atoms with Gasteiger partial charge >= 0.3 is 0 Å². The molecule has 0 aromatic heterocycles. The quantitative estimate of drug-likeness (QED) is 0.820. The maximum Gasteiger partial charge on any atom is 0.0458 e. The molecule has 0 spiro atoms. The van der Waals surface area contributed by atoms with E-state index in [-0.39, 0.29) is 5.41 Å². The predicted octanol–water partition coefficient (Wildman–Crippen LogP) is 5.05. The monoisotopic (exact) mass is 299 g/mol. The summed E-state index contributed by atoms with van der Waals surface area (Å²) in [5.74, 6) is 0.834. The van der Waals surface area contributed by atoms with Crippen LogP contribution in [0.4, 0.5) is 0 Å². The van der Waals surface area contributed by atoms with Crippen molar-refractivity contribution in [2.75, 3.05) is 13.1 Å². The first kappa shape index (κ1) is 15.2. The van der Waals surface area contributed by atoms with Crippen LogP contribution in [-0.4, -0.2) is 13.1 Å². The van der Waals surface area contributed by atoms with Crippen molar-refractivity contribution in [1.29, 1.82) is 0 Å². The Bertz CT molecular complexity index is 417. The topological polar surface area (TPSA) is 12.0 Å². The zero-order chi connectivity index (χ0) is 13.9. The molecule has 1 saturated carbocycles. The number of benzene rings is 1. The Hall–Kier alpha value is -0.240. The molecule has 1 aromatic rings. The second-order valence-electron chi connectivity index (χ2n) is 5.87. The summed E-state index contributed by atoms with van der Waals surface area (Å²) in [7, 11) is 0. The minimum atomic E-state index is 0.185. The Balaban J connectivity index is 2.31. The molecule has 1 N–H and O–H groups in total. The third-order valence-electron chi connectivity index (χ3n) is 4.45. The van der Waals surface area contributed by atoms with Crippen LogP contribution >= 0.6 is 23.2 Å². The van der Waals surface area contributed by atoms with Crippen LogP contribution in [0.5, 0.6) is 0 Å². The first-order valence-electron chi connectivity index (χ1n) is 7.23. The molecule has 19 heavy (non-hydrogen) atoms. The SMILES string of the molecule is CCNCC1(c2ccc(Cl)cc2Cl)CCC(C)CC1. The van der Waals surface area contributed by atoms with Gasteiger partial charge in [-0.2, -0.15) is 0 Å². The highest BCUT2D eigenvalue weighted by atomic mass is 35.5. The third-order valence-corrected chi connectivity index (χ3v) is 5.00. The van der Waals surface area contributed by atoms with Crippen LogP contribution in [0.1, 0.15) is 45.1 Å². The lowest BCUT2D eigenvalue weighted by molar-refractivity contribution is 0.235. The Morgan fingerprint density at radius 2 is 1.95 bits per heavy atom. The molecule has 0 bridgehead atoms. The molecule has 1 aliphatic carbocycles. The molecule has 1 nitrogen and oxygen atoms in total. The second kappa shape index (κ2) is 6.47. The van der Waals surface area contributed by atoms with Gasteiger partial charge in [0, 0.05) is 22.0 Å². The van der Waals surface area contributed by atoms with Crippen LogP contribution < -0.4 is 5.32 Å². The van der Waals surface area contributed by atoms with Gasteiger partial charge in [0.25, 0.3) is 0 Å². The zero-order valence-electron chi connectivity index (χ0n) is 11.8. The van der Waals surface area contributed by atoms with Crippen LogP contribution in [-0.2, 0) is 5.41 Å². The fraction of sp³-hybridized carbons (Fsp3) is 0.625. The molecular weight excluding hydrogens is 277 g/mol. The summed E-state index contributed by atoms with van der Waals surface area (Å²) in [5, 5.41) is 5.06. The van der Waals surface area contributed by atoms with E-state index < -0.39 is 0 Å². The molecule has 1 aromatic carbocycles. The van der Waals surface area contributed by atoms with Crippen molar-refractivity contribution < 1.29 is 0 Å². The van der Waals surface area contributed by atoms with Gasteiger partial charge in [-0.15, -0.1) is 0 Å². The molecular formula is C16H23Cl2N. The minimum Gasteiger partial charge on any atom is -0.316 e. The minimum absolute atomic E-state index is 0.185. The molecule has 0 saturated heterocycles. The molecule has 0 radical (unpaired) electrons.